The minimum atomic E-state index is -3.35. The van der Waals surface area contributed by atoms with Gasteiger partial charge < -0.3 is 4.90 Å². The maximum atomic E-state index is 13.2. The average Bonchev–Trinajstić information content (AvgIpc) is 2.73. The third-order valence-corrected chi connectivity index (χ3v) is 6.91. The van der Waals surface area contributed by atoms with E-state index >= 15 is 0 Å². The van der Waals surface area contributed by atoms with E-state index in [4.69, 9.17) is 0 Å². The van der Waals surface area contributed by atoms with Crippen molar-refractivity contribution in [3.05, 3.63) is 65.5 Å². The number of hydrogen-bond acceptors (Lipinski definition) is 4. The minimum Gasteiger partial charge on any atom is -0.333 e. The van der Waals surface area contributed by atoms with Gasteiger partial charge in [0.25, 0.3) is 5.91 Å². The monoisotopic (exact) mass is 433 g/mol. The number of nitrogens with zero attached hydrogens (tertiary/aromatic N) is 2. The van der Waals surface area contributed by atoms with Crippen LogP contribution in [-0.2, 0) is 10.0 Å². The number of piperazine rings is 1. The fraction of sp³-hybridized carbons (Fsp3) is 0.409. The van der Waals surface area contributed by atoms with Crippen LogP contribution in [0.4, 0.5) is 10.1 Å². The Kier molecular flexibility index (Phi) is 6.77. The Morgan fingerprint density at radius 2 is 1.77 bits per heavy atom. The van der Waals surface area contributed by atoms with E-state index in [9.17, 15) is 17.6 Å². The first kappa shape index (κ1) is 22.2. The highest BCUT2D eigenvalue weighted by Crippen LogP contribution is 2.25. The summed E-state index contributed by atoms with van der Waals surface area (Å²) in [4.78, 5) is 17.1. The molecule has 0 radical (unpaired) electrons. The van der Waals surface area contributed by atoms with E-state index in [1.54, 1.807) is 43.3 Å². The van der Waals surface area contributed by atoms with Crippen LogP contribution < -0.4 is 4.72 Å². The van der Waals surface area contributed by atoms with Crippen molar-refractivity contribution in [3.63, 3.8) is 0 Å². The molecule has 6 nitrogen and oxygen atoms in total. The highest BCUT2D eigenvalue weighted by atomic mass is 32.2. The van der Waals surface area contributed by atoms with Crippen LogP contribution in [-0.4, -0.2) is 55.6 Å². The molecule has 2 aromatic carbocycles. The topological polar surface area (TPSA) is 69.7 Å². The molecule has 2 atom stereocenters. The van der Waals surface area contributed by atoms with E-state index in [-0.39, 0.29) is 29.6 Å². The second-order valence-electron chi connectivity index (χ2n) is 7.65. The molecule has 0 aromatic heterocycles. The van der Waals surface area contributed by atoms with Gasteiger partial charge in [-0.15, -0.1) is 0 Å². The number of amides is 1. The summed E-state index contributed by atoms with van der Waals surface area (Å²) in [6.07, 6.45) is 0. The number of rotatable bonds is 6. The normalized spacial score (nSPS) is 18.8. The first-order valence-corrected chi connectivity index (χ1v) is 11.8. The van der Waals surface area contributed by atoms with Gasteiger partial charge in [-0.2, -0.15) is 0 Å². The highest BCUT2D eigenvalue weighted by Gasteiger charge is 2.30. The molecule has 1 aliphatic heterocycles. The smallest absolute Gasteiger partial charge is 0.254 e. The number of carbonyl (C=O) groups is 1. The standard InChI is InChI=1S/C22H28FN3O3S/c1-4-30(28,29)24-21-11-7-19(8-12-21)22(27)26-14-13-25(15-16(26)2)17(3)18-5-9-20(23)10-6-18/h5-12,16-17,24H,4,13-15H2,1-3H3/t16-,17?/m1/s1. The van der Waals surface area contributed by atoms with Crippen LogP contribution in [0.15, 0.2) is 48.5 Å². The van der Waals surface area contributed by atoms with Crippen molar-refractivity contribution in [2.75, 3.05) is 30.1 Å². The van der Waals surface area contributed by atoms with Gasteiger partial charge in [-0.1, -0.05) is 12.1 Å². The van der Waals surface area contributed by atoms with Gasteiger partial charge in [0.05, 0.1) is 5.75 Å². The van der Waals surface area contributed by atoms with Gasteiger partial charge in [-0.25, -0.2) is 12.8 Å². The van der Waals surface area contributed by atoms with Crippen molar-refractivity contribution in [2.24, 2.45) is 0 Å². The molecular formula is C22H28FN3O3S. The Morgan fingerprint density at radius 3 is 2.33 bits per heavy atom. The summed E-state index contributed by atoms with van der Waals surface area (Å²) in [5, 5.41) is 0. The molecule has 1 saturated heterocycles. The second-order valence-corrected chi connectivity index (χ2v) is 9.66. The summed E-state index contributed by atoms with van der Waals surface area (Å²) in [6.45, 7) is 7.72. The fourth-order valence-electron chi connectivity index (χ4n) is 3.69. The van der Waals surface area contributed by atoms with Crippen molar-refractivity contribution in [1.82, 2.24) is 9.80 Å². The summed E-state index contributed by atoms with van der Waals surface area (Å²) in [7, 11) is -3.35. The lowest BCUT2D eigenvalue weighted by Gasteiger charge is -2.42. The van der Waals surface area contributed by atoms with Crippen LogP contribution in [0.2, 0.25) is 0 Å². The van der Waals surface area contributed by atoms with Crippen molar-refractivity contribution >= 4 is 21.6 Å². The van der Waals surface area contributed by atoms with Crippen molar-refractivity contribution < 1.29 is 17.6 Å². The molecule has 0 saturated carbocycles. The van der Waals surface area contributed by atoms with Crippen LogP contribution >= 0.6 is 0 Å². The molecule has 8 heteroatoms. The predicted molar refractivity (Wildman–Crippen MR) is 116 cm³/mol. The maximum absolute atomic E-state index is 13.2. The molecule has 1 N–H and O–H groups in total. The number of halogens is 1. The summed E-state index contributed by atoms with van der Waals surface area (Å²) in [5.41, 5.74) is 2.02. The first-order chi connectivity index (χ1) is 14.2. The molecule has 162 valence electrons. The molecule has 2 aromatic rings. The Balaban J connectivity index is 1.63. The lowest BCUT2D eigenvalue weighted by Crippen LogP contribution is -2.54. The largest absolute Gasteiger partial charge is 0.333 e. The third kappa shape index (κ3) is 5.17. The first-order valence-electron chi connectivity index (χ1n) is 10.1. The quantitative estimate of drug-likeness (QED) is 0.757. The van der Waals surface area contributed by atoms with Crippen molar-refractivity contribution in [3.8, 4) is 0 Å². The molecule has 30 heavy (non-hydrogen) atoms. The average molecular weight is 434 g/mol. The molecule has 3 rings (SSSR count). The van der Waals surface area contributed by atoms with Crippen LogP contribution in [0.1, 0.15) is 42.7 Å². The molecule has 1 aliphatic rings. The molecule has 1 fully saturated rings. The van der Waals surface area contributed by atoms with Gasteiger partial charge in [0.15, 0.2) is 0 Å². The Hall–Kier alpha value is -2.45. The van der Waals surface area contributed by atoms with Crippen LogP contribution in [0, 0.1) is 5.82 Å². The fourth-order valence-corrected chi connectivity index (χ4v) is 4.33. The van der Waals surface area contributed by atoms with Gasteiger partial charge in [-0.05, 0) is 62.7 Å². The van der Waals surface area contributed by atoms with E-state index in [0.29, 0.717) is 17.8 Å². The van der Waals surface area contributed by atoms with Gasteiger partial charge >= 0.3 is 0 Å². The third-order valence-electron chi connectivity index (χ3n) is 5.61. The molecule has 1 unspecified atom stereocenters. The number of hydrogen-bond donors (Lipinski definition) is 1. The van der Waals surface area contributed by atoms with Crippen LogP contribution in [0.3, 0.4) is 0 Å². The lowest BCUT2D eigenvalue weighted by molar-refractivity contribution is 0.0406. The number of anilines is 1. The van der Waals surface area contributed by atoms with Gasteiger partial charge in [0.2, 0.25) is 10.0 Å². The Labute approximate surface area is 177 Å². The molecule has 0 spiro atoms. The molecule has 1 heterocycles. The summed E-state index contributed by atoms with van der Waals surface area (Å²) in [6, 6.07) is 13.2. The zero-order valence-electron chi connectivity index (χ0n) is 17.5. The Bertz CT molecular complexity index is 978. The summed E-state index contributed by atoms with van der Waals surface area (Å²) >= 11 is 0. The zero-order valence-corrected chi connectivity index (χ0v) is 18.3. The Morgan fingerprint density at radius 1 is 1.13 bits per heavy atom. The number of benzene rings is 2. The second kappa shape index (κ2) is 9.14. The summed E-state index contributed by atoms with van der Waals surface area (Å²) < 4.78 is 39.0. The van der Waals surface area contributed by atoms with Crippen molar-refractivity contribution in [2.45, 2.75) is 32.9 Å². The van der Waals surface area contributed by atoms with Crippen LogP contribution in [0.25, 0.3) is 0 Å². The van der Waals surface area contributed by atoms with E-state index in [1.165, 1.54) is 12.1 Å². The minimum absolute atomic E-state index is 0.00812. The number of carbonyl (C=O) groups excluding carboxylic acids is 1. The number of nitrogens with one attached hydrogen (secondary N) is 1. The van der Waals surface area contributed by atoms with Gasteiger partial charge in [0.1, 0.15) is 5.82 Å². The maximum Gasteiger partial charge on any atom is 0.254 e. The predicted octanol–water partition coefficient (Wildman–Crippen LogP) is 3.49. The SMILES string of the molecule is CCS(=O)(=O)Nc1ccc(C(=O)N2CCN(C(C)c3ccc(F)cc3)C[C@H]2C)cc1. The van der Waals surface area contributed by atoms with E-state index < -0.39 is 10.0 Å². The van der Waals surface area contributed by atoms with Crippen molar-refractivity contribution in [1.29, 1.82) is 0 Å². The van der Waals surface area contributed by atoms with E-state index in [2.05, 4.69) is 16.5 Å². The van der Waals surface area contributed by atoms with Gasteiger partial charge in [0, 0.05) is 43.0 Å². The van der Waals surface area contributed by atoms with Gasteiger partial charge in [-0.3, -0.25) is 14.4 Å². The zero-order chi connectivity index (χ0) is 21.9. The molecule has 0 aliphatic carbocycles. The highest BCUT2D eigenvalue weighted by molar-refractivity contribution is 7.92. The van der Waals surface area contributed by atoms with E-state index in [0.717, 1.165) is 18.7 Å². The van der Waals surface area contributed by atoms with Crippen LogP contribution in [0.5, 0.6) is 0 Å². The lowest BCUT2D eigenvalue weighted by atomic mass is 10.0. The molecule has 0 bridgehead atoms. The summed E-state index contributed by atoms with van der Waals surface area (Å²) in [5.74, 6) is -0.323. The molecule has 1 amide bonds. The van der Waals surface area contributed by atoms with E-state index in [1.807, 2.05) is 11.8 Å². The number of sulfonamides is 1. The molecular weight excluding hydrogens is 405 g/mol.